The molecular formula is C28H31F2N5O5. The van der Waals surface area contributed by atoms with Gasteiger partial charge in [-0.05, 0) is 61.9 Å². The normalized spacial score (nSPS) is 27.1. The Morgan fingerprint density at radius 3 is 2.60 bits per heavy atom. The highest BCUT2D eigenvalue weighted by Gasteiger charge is 2.42. The van der Waals surface area contributed by atoms with Gasteiger partial charge in [0.15, 0.2) is 11.6 Å². The third-order valence-electron chi connectivity index (χ3n) is 8.01. The van der Waals surface area contributed by atoms with E-state index in [1.165, 1.54) is 6.07 Å². The second kappa shape index (κ2) is 11.3. The summed E-state index contributed by atoms with van der Waals surface area (Å²) in [6, 6.07) is 5.48. The summed E-state index contributed by atoms with van der Waals surface area (Å²) in [6.45, 7) is 1.27. The molecule has 1 aromatic heterocycles. The van der Waals surface area contributed by atoms with E-state index in [2.05, 4.69) is 20.5 Å². The van der Waals surface area contributed by atoms with Crippen LogP contribution in [0.1, 0.15) is 49.4 Å². The molecule has 3 heterocycles. The minimum atomic E-state index is -1.32. The lowest BCUT2D eigenvalue weighted by molar-refractivity contribution is -0.136. The van der Waals surface area contributed by atoms with Gasteiger partial charge in [0.2, 0.25) is 0 Å². The van der Waals surface area contributed by atoms with Crippen LogP contribution in [0.2, 0.25) is 0 Å². The molecule has 2 unspecified atom stereocenters. The molecule has 40 heavy (non-hydrogen) atoms. The summed E-state index contributed by atoms with van der Waals surface area (Å²) in [4.78, 5) is 46.1. The minimum absolute atomic E-state index is 0.0381. The molecule has 0 bridgehead atoms. The Balaban J connectivity index is 1.26. The molecule has 212 valence electrons. The van der Waals surface area contributed by atoms with Crippen LogP contribution >= 0.6 is 0 Å². The van der Waals surface area contributed by atoms with Crippen molar-refractivity contribution in [2.24, 2.45) is 0 Å². The monoisotopic (exact) mass is 555 g/mol. The smallest absolute Gasteiger partial charge is 0.337 e. The number of esters is 1. The van der Waals surface area contributed by atoms with Crippen LogP contribution in [-0.4, -0.2) is 70.2 Å². The first-order chi connectivity index (χ1) is 19.2. The SMILES string of the molecule is COC(=O)C1=CNC(=O)N(C(=O)NC2CCN(C3CCC(O)(c4ccccn4)CC3)C2)C1c1ccc(F)c(F)c1. The van der Waals surface area contributed by atoms with Gasteiger partial charge >= 0.3 is 18.0 Å². The van der Waals surface area contributed by atoms with E-state index in [1.807, 2.05) is 18.2 Å². The molecule has 5 rings (SSSR count). The van der Waals surface area contributed by atoms with Crippen molar-refractivity contribution in [3.05, 3.63) is 77.3 Å². The zero-order chi connectivity index (χ0) is 28.4. The molecule has 2 aromatic rings. The Labute approximate surface area is 230 Å². The summed E-state index contributed by atoms with van der Waals surface area (Å²) in [5.74, 6) is -3.11. The first kappa shape index (κ1) is 27.7. The molecule has 0 spiro atoms. The van der Waals surface area contributed by atoms with E-state index in [1.54, 1.807) is 6.20 Å². The number of carbonyl (C=O) groups excluding carboxylic acids is 3. The molecule has 3 aliphatic rings. The zero-order valence-electron chi connectivity index (χ0n) is 22.0. The summed E-state index contributed by atoms with van der Waals surface area (Å²) >= 11 is 0. The molecule has 1 saturated heterocycles. The van der Waals surface area contributed by atoms with Gasteiger partial charge in [-0.15, -0.1) is 0 Å². The van der Waals surface area contributed by atoms with Gasteiger partial charge < -0.3 is 20.5 Å². The van der Waals surface area contributed by atoms with Crippen molar-refractivity contribution < 1.29 is 33.0 Å². The number of hydrogen-bond donors (Lipinski definition) is 3. The second-order valence-corrected chi connectivity index (χ2v) is 10.4. The maximum Gasteiger partial charge on any atom is 0.337 e. The van der Waals surface area contributed by atoms with E-state index in [9.17, 15) is 28.3 Å². The first-order valence-corrected chi connectivity index (χ1v) is 13.2. The highest BCUT2D eigenvalue weighted by atomic mass is 19.2. The standard InChI is InChI=1S/C28H31F2N5O5/c1-40-25(36)20-15-32-26(37)35(24(20)17-5-6-21(29)22(30)14-17)27(38)33-18-9-13-34(16-18)19-7-10-28(39,11-8-19)23-4-2-3-12-31-23/h2-6,12,14-15,18-19,24,39H,7-11,13,16H2,1H3,(H,32,37)(H,33,38). The summed E-state index contributed by atoms with van der Waals surface area (Å²) in [7, 11) is 1.14. The molecule has 4 amide bonds. The second-order valence-electron chi connectivity index (χ2n) is 10.4. The summed E-state index contributed by atoms with van der Waals surface area (Å²) in [5, 5.41) is 16.3. The number of amides is 4. The number of benzene rings is 1. The first-order valence-electron chi connectivity index (χ1n) is 13.2. The number of likely N-dealkylation sites (tertiary alicyclic amines) is 1. The molecule has 1 aliphatic carbocycles. The minimum Gasteiger partial charge on any atom is -0.466 e. The summed E-state index contributed by atoms with van der Waals surface area (Å²) < 4.78 is 32.5. The molecule has 10 nitrogen and oxygen atoms in total. The summed E-state index contributed by atoms with van der Waals surface area (Å²) in [5.41, 5.74) is -0.349. The quantitative estimate of drug-likeness (QED) is 0.485. The molecule has 1 saturated carbocycles. The Morgan fingerprint density at radius 2 is 1.93 bits per heavy atom. The van der Waals surface area contributed by atoms with Gasteiger partial charge in [-0.3, -0.25) is 9.88 Å². The predicted molar refractivity (Wildman–Crippen MR) is 138 cm³/mol. The van der Waals surface area contributed by atoms with Crippen molar-refractivity contribution in [2.75, 3.05) is 20.2 Å². The topological polar surface area (TPSA) is 124 Å². The van der Waals surface area contributed by atoms with Crippen LogP contribution in [0.4, 0.5) is 18.4 Å². The largest absolute Gasteiger partial charge is 0.466 e. The number of nitrogens with one attached hydrogen (secondary N) is 2. The van der Waals surface area contributed by atoms with Crippen molar-refractivity contribution in [2.45, 2.75) is 55.8 Å². The number of pyridine rings is 1. The van der Waals surface area contributed by atoms with Crippen LogP contribution < -0.4 is 10.6 Å². The van der Waals surface area contributed by atoms with Crippen LogP contribution in [-0.2, 0) is 15.1 Å². The van der Waals surface area contributed by atoms with Gasteiger partial charge in [-0.1, -0.05) is 12.1 Å². The molecule has 2 atom stereocenters. The lowest BCUT2D eigenvalue weighted by Gasteiger charge is -2.39. The van der Waals surface area contributed by atoms with E-state index in [-0.39, 0.29) is 23.2 Å². The molecule has 0 radical (unpaired) electrons. The fourth-order valence-electron chi connectivity index (χ4n) is 5.87. The Hall–Kier alpha value is -3.90. The van der Waals surface area contributed by atoms with Crippen LogP contribution in [0, 0.1) is 11.6 Å². The lowest BCUT2D eigenvalue weighted by atomic mass is 9.79. The zero-order valence-corrected chi connectivity index (χ0v) is 22.0. The van der Waals surface area contributed by atoms with E-state index in [0.717, 1.165) is 49.7 Å². The average molecular weight is 556 g/mol. The van der Waals surface area contributed by atoms with Crippen molar-refractivity contribution in [3.8, 4) is 0 Å². The molecule has 3 N–H and O–H groups in total. The highest BCUT2D eigenvalue weighted by molar-refractivity contribution is 6.00. The third kappa shape index (κ3) is 5.41. The highest BCUT2D eigenvalue weighted by Crippen LogP contribution is 2.38. The fourth-order valence-corrected chi connectivity index (χ4v) is 5.87. The number of aromatic nitrogens is 1. The maximum atomic E-state index is 14.1. The molecular weight excluding hydrogens is 524 g/mol. The van der Waals surface area contributed by atoms with Crippen LogP contribution in [0.15, 0.2) is 54.4 Å². The van der Waals surface area contributed by atoms with Gasteiger partial charge in [0.05, 0.1) is 18.4 Å². The number of ether oxygens (including phenoxy) is 1. The fraction of sp³-hybridized carbons (Fsp3) is 0.429. The third-order valence-corrected chi connectivity index (χ3v) is 8.01. The van der Waals surface area contributed by atoms with E-state index >= 15 is 0 Å². The summed E-state index contributed by atoms with van der Waals surface area (Å²) in [6.07, 6.45) is 6.12. The van der Waals surface area contributed by atoms with Gasteiger partial charge in [-0.25, -0.2) is 28.1 Å². The Morgan fingerprint density at radius 1 is 1.15 bits per heavy atom. The maximum absolute atomic E-state index is 14.1. The van der Waals surface area contributed by atoms with Crippen molar-refractivity contribution in [1.82, 2.24) is 25.4 Å². The molecule has 1 aromatic carbocycles. The molecule has 2 fully saturated rings. The number of carbonyl (C=O) groups is 3. The predicted octanol–water partition coefficient (Wildman–Crippen LogP) is 3.10. The van der Waals surface area contributed by atoms with Gasteiger partial charge in [-0.2, -0.15) is 0 Å². The number of imide groups is 1. The van der Waals surface area contributed by atoms with E-state index in [0.29, 0.717) is 31.5 Å². The number of rotatable bonds is 5. The number of hydrogen-bond acceptors (Lipinski definition) is 7. The molecule has 12 heteroatoms. The Bertz CT molecular complexity index is 1320. The number of nitrogens with zero attached hydrogens (tertiary/aromatic N) is 3. The Kier molecular flexibility index (Phi) is 7.81. The number of urea groups is 2. The van der Waals surface area contributed by atoms with Crippen molar-refractivity contribution in [3.63, 3.8) is 0 Å². The van der Waals surface area contributed by atoms with Gasteiger partial charge in [0, 0.05) is 37.6 Å². The van der Waals surface area contributed by atoms with Crippen molar-refractivity contribution in [1.29, 1.82) is 0 Å². The lowest BCUT2D eigenvalue weighted by Crippen LogP contribution is -2.55. The average Bonchev–Trinajstić information content (AvgIpc) is 3.43. The van der Waals surface area contributed by atoms with Crippen LogP contribution in [0.3, 0.4) is 0 Å². The van der Waals surface area contributed by atoms with Crippen molar-refractivity contribution >= 4 is 18.0 Å². The number of aliphatic hydroxyl groups is 1. The van der Waals surface area contributed by atoms with Crippen LogP contribution in [0.5, 0.6) is 0 Å². The van der Waals surface area contributed by atoms with Gasteiger partial charge in [0.25, 0.3) is 0 Å². The van der Waals surface area contributed by atoms with E-state index < -0.39 is 41.3 Å². The number of methoxy groups -OCH3 is 1. The van der Waals surface area contributed by atoms with Gasteiger partial charge in [0.1, 0.15) is 11.6 Å². The van der Waals surface area contributed by atoms with E-state index in [4.69, 9.17) is 4.74 Å². The number of halogens is 2. The molecule has 2 aliphatic heterocycles. The van der Waals surface area contributed by atoms with Crippen LogP contribution in [0.25, 0.3) is 0 Å².